The third-order valence-electron chi connectivity index (χ3n) is 5.04. The lowest BCUT2D eigenvalue weighted by Gasteiger charge is -2.33. The highest BCUT2D eigenvalue weighted by atomic mass is 31.2. The third-order valence-corrected chi connectivity index (χ3v) is 7.33. The van der Waals surface area contributed by atoms with Gasteiger partial charge in [-0.25, -0.2) is 0 Å². The number of rotatable bonds is 7. The number of anilines is 1. The first kappa shape index (κ1) is 19.6. The first-order chi connectivity index (χ1) is 12.7. The predicted octanol–water partition coefficient (Wildman–Crippen LogP) is 4.71. The molecule has 6 heteroatoms. The Balaban J connectivity index is 1.92. The molecule has 1 fully saturated rings. The van der Waals surface area contributed by atoms with Crippen LogP contribution in [0.3, 0.4) is 0 Å². The van der Waals surface area contributed by atoms with Gasteiger partial charge < -0.3 is 19.7 Å². The molecule has 0 amide bonds. The molecule has 26 heavy (non-hydrogen) atoms. The van der Waals surface area contributed by atoms with Crippen LogP contribution in [0.15, 0.2) is 35.7 Å². The van der Waals surface area contributed by atoms with E-state index in [1.807, 2.05) is 19.9 Å². The molecule has 0 spiro atoms. The second-order valence-corrected chi connectivity index (χ2v) is 8.90. The summed E-state index contributed by atoms with van der Waals surface area (Å²) >= 11 is 0. The molecule has 0 saturated carbocycles. The van der Waals surface area contributed by atoms with Crippen LogP contribution in [0.5, 0.6) is 0 Å². The van der Waals surface area contributed by atoms with Gasteiger partial charge >= 0.3 is 7.60 Å². The second kappa shape index (κ2) is 9.18. The molecule has 0 radical (unpaired) electrons. The minimum atomic E-state index is -3.32. The van der Waals surface area contributed by atoms with E-state index in [1.54, 1.807) is 0 Å². The summed E-state index contributed by atoms with van der Waals surface area (Å²) in [6.07, 6.45) is 7.42. The molecular formula is C20H31N2O3P. The van der Waals surface area contributed by atoms with Gasteiger partial charge in [0.05, 0.1) is 24.6 Å². The molecule has 1 saturated heterocycles. The highest BCUT2D eigenvalue weighted by molar-refractivity contribution is 7.58. The fourth-order valence-corrected chi connectivity index (χ4v) is 5.80. The zero-order chi connectivity index (χ0) is 18.4. The van der Waals surface area contributed by atoms with E-state index in [9.17, 15) is 4.57 Å². The second-order valence-electron chi connectivity index (χ2n) is 6.87. The Kier molecular flexibility index (Phi) is 6.93. The van der Waals surface area contributed by atoms with Crippen molar-refractivity contribution in [3.05, 3.63) is 41.2 Å². The van der Waals surface area contributed by atoms with Crippen LogP contribution in [0.2, 0.25) is 0 Å². The quantitative estimate of drug-likeness (QED) is 0.673. The number of hydrogen-bond donors (Lipinski definition) is 2. The van der Waals surface area contributed by atoms with Gasteiger partial charge in [0.25, 0.3) is 0 Å². The van der Waals surface area contributed by atoms with E-state index in [2.05, 4.69) is 34.9 Å². The van der Waals surface area contributed by atoms with Crippen molar-refractivity contribution >= 4 is 13.3 Å². The van der Waals surface area contributed by atoms with Crippen LogP contribution in [0.1, 0.15) is 45.1 Å². The van der Waals surface area contributed by atoms with Crippen molar-refractivity contribution in [2.45, 2.75) is 58.0 Å². The van der Waals surface area contributed by atoms with Crippen LogP contribution in [-0.4, -0.2) is 31.8 Å². The number of hydrogen-bond acceptors (Lipinski definition) is 5. The van der Waals surface area contributed by atoms with Crippen LogP contribution in [-0.2, 0) is 20.0 Å². The molecule has 0 aromatic heterocycles. The topological polar surface area (TPSA) is 59.6 Å². The molecule has 0 aliphatic carbocycles. The Hall–Kier alpha value is -1.13. The highest BCUT2D eigenvalue weighted by Gasteiger charge is 2.37. The first-order valence-corrected chi connectivity index (χ1v) is 11.4. The maximum Gasteiger partial charge on any atom is 0.359 e. The third kappa shape index (κ3) is 4.58. The van der Waals surface area contributed by atoms with E-state index >= 15 is 0 Å². The molecule has 0 bridgehead atoms. The van der Waals surface area contributed by atoms with Gasteiger partial charge in [-0.05, 0) is 57.7 Å². The zero-order valence-electron chi connectivity index (χ0n) is 15.9. The summed E-state index contributed by atoms with van der Waals surface area (Å²) in [6, 6.07) is 8.53. The minimum Gasteiger partial charge on any atom is -0.378 e. The van der Waals surface area contributed by atoms with Crippen molar-refractivity contribution < 1.29 is 13.6 Å². The number of aryl methyl sites for hydroxylation is 1. The maximum absolute atomic E-state index is 13.6. The molecule has 2 aliphatic heterocycles. The Morgan fingerprint density at radius 3 is 2.65 bits per heavy atom. The Morgan fingerprint density at radius 2 is 1.96 bits per heavy atom. The van der Waals surface area contributed by atoms with Crippen LogP contribution < -0.4 is 10.6 Å². The van der Waals surface area contributed by atoms with Crippen molar-refractivity contribution in [3.8, 4) is 0 Å². The van der Waals surface area contributed by atoms with Crippen LogP contribution in [0.25, 0.3) is 0 Å². The van der Waals surface area contributed by atoms with Crippen molar-refractivity contribution in [3.63, 3.8) is 0 Å². The van der Waals surface area contributed by atoms with E-state index < -0.39 is 7.60 Å². The smallest absolute Gasteiger partial charge is 0.359 e. The average molecular weight is 378 g/mol. The molecule has 1 aromatic carbocycles. The Morgan fingerprint density at radius 1 is 1.19 bits per heavy atom. The summed E-state index contributed by atoms with van der Waals surface area (Å²) in [7, 11) is -3.32. The number of nitrogens with one attached hydrogen (secondary N) is 2. The lowest BCUT2D eigenvalue weighted by Crippen LogP contribution is -2.35. The normalized spacial score (nSPS) is 24.0. The van der Waals surface area contributed by atoms with Crippen molar-refractivity contribution in [1.29, 1.82) is 0 Å². The molecule has 2 aliphatic rings. The Bertz CT molecular complexity index is 661. The number of piperidine rings is 1. The fraction of sp³-hybridized carbons (Fsp3) is 0.600. The zero-order valence-corrected chi connectivity index (χ0v) is 16.8. The van der Waals surface area contributed by atoms with Crippen LogP contribution in [0.4, 0.5) is 5.69 Å². The average Bonchev–Trinajstić information content (AvgIpc) is 2.67. The van der Waals surface area contributed by atoms with Gasteiger partial charge in [0.15, 0.2) is 0 Å². The van der Waals surface area contributed by atoms with Gasteiger partial charge in [-0.15, -0.1) is 0 Å². The van der Waals surface area contributed by atoms with Gasteiger partial charge in [0.2, 0.25) is 0 Å². The predicted molar refractivity (Wildman–Crippen MR) is 107 cm³/mol. The molecule has 2 heterocycles. The van der Waals surface area contributed by atoms with Crippen molar-refractivity contribution in [2.24, 2.45) is 0 Å². The highest BCUT2D eigenvalue weighted by Crippen LogP contribution is 2.58. The van der Waals surface area contributed by atoms with Crippen LogP contribution >= 0.6 is 7.60 Å². The molecule has 2 N–H and O–H groups in total. The first-order valence-electron chi connectivity index (χ1n) is 9.85. The lowest BCUT2D eigenvalue weighted by atomic mass is 9.96. The van der Waals surface area contributed by atoms with E-state index in [4.69, 9.17) is 9.05 Å². The van der Waals surface area contributed by atoms with E-state index in [0.29, 0.717) is 13.2 Å². The molecular weight excluding hydrogens is 347 g/mol. The summed E-state index contributed by atoms with van der Waals surface area (Å²) in [5.41, 5.74) is 2.42. The van der Waals surface area contributed by atoms with Crippen molar-refractivity contribution in [1.82, 2.24) is 5.32 Å². The fourth-order valence-electron chi connectivity index (χ4n) is 3.81. The Labute approximate surface area is 157 Å². The van der Waals surface area contributed by atoms with Gasteiger partial charge in [0.1, 0.15) is 0 Å². The summed E-state index contributed by atoms with van der Waals surface area (Å²) in [5.74, 6) is 0. The summed E-state index contributed by atoms with van der Waals surface area (Å²) in [4.78, 5) is 0. The van der Waals surface area contributed by atoms with Gasteiger partial charge in [-0.3, -0.25) is 4.57 Å². The molecule has 144 valence electrons. The summed E-state index contributed by atoms with van der Waals surface area (Å²) in [6.45, 7) is 5.48. The molecule has 2 atom stereocenters. The standard InChI is InChI=1S/C20H31N2O3P/c1-3-24-26(23,25-4-2)20(15-17-10-7-8-14-21-17)19-13-12-16-9-5-6-11-18(16)22-19/h5-6,9,11,15,17,19,21-22H,3-4,7-8,10,12-14H2,1-2H3. The summed E-state index contributed by atoms with van der Waals surface area (Å²) < 4.78 is 25.0. The molecule has 5 nitrogen and oxygen atoms in total. The number of para-hydroxylation sites is 1. The maximum atomic E-state index is 13.6. The van der Waals surface area contributed by atoms with E-state index in [-0.39, 0.29) is 12.1 Å². The summed E-state index contributed by atoms with van der Waals surface area (Å²) in [5, 5.41) is 7.90. The van der Waals surface area contributed by atoms with Gasteiger partial charge in [-0.1, -0.05) is 30.7 Å². The largest absolute Gasteiger partial charge is 0.378 e. The van der Waals surface area contributed by atoms with E-state index in [0.717, 1.165) is 36.8 Å². The van der Waals surface area contributed by atoms with Gasteiger partial charge in [-0.2, -0.15) is 0 Å². The SMILES string of the molecule is CCOP(=O)(OCC)C(=CC1CCCCN1)C1CCc2ccccc2N1. The van der Waals surface area contributed by atoms with Crippen LogP contribution in [0, 0.1) is 0 Å². The minimum absolute atomic E-state index is 0.0300. The molecule has 2 unspecified atom stereocenters. The number of fused-ring (bicyclic) bond motifs is 1. The monoisotopic (exact) mass is 378 g/mol. The van der Waals surface area contributed by atoms with E-state index in [1.165, 1.54) is 18.4 Å². The van der Waals surface area contributed by atoms with Gasteiger partial charge in [0, 0.05) is 11.7 Å². The molecule has 3 rings (SSSR count). The molecule has 1 aromatic rings. The number of benzene rings is 1. The van der Waals surface area contributed by atoms with Crippen molar-refractivity contribution in [2.75, 3.05) is 25.1 Å². The lowest BCUT2D eigenvalue weighted by molar-refractivity contribution is 0.224.